The zero-order valence-electron chi connectivity index (χ0n) is 15.0. The van der Waals surface area contributed by atoms with Gasteiger partial charge >= 0.3 is 0 Å². The molecule has 1 aromatic carbocycles. The Balaban J connectivity index is 1.95. The Morgan fingerprint density at radius 1 is 1.17 bits per heavy atom. The molecule has 1 aromatic rings. The molecule has 1 fully saturated rings. The number of rotatable bonds is 6. The molecule has 1 aliphatic rings. The summed E-state index contributed by atoms with van der Waals surface area (Å²) < 4.78 is 0. The Morgan fingerprint density at radius 3 is 2.38 bits per heavy atom. The number of hydrogen-bond donors (Lipinski definition) is 2. The van der Waals surface area contributed by atoms with E-state index in [1.165, 1.54) is 19.3 Å². The Hall–Kier alpha value is -1.88. The van der Waals surface area contributed by atoms with Crippen LogP contribution in [0.25, 0.3) is 0 Å². The predicted octanol–water partition coefficient (Wildman–Crippen LogP) is 2.89. The molecular formula is C19H29N3O2. The lowest BCUT2D eigenvalue weighted by molar-refractivity contribution is -0.119. The van der Waals surface area contributed by atoms with Gasteiger partial charge in [0.1, 0.15) is 0 Å². The molecule has 0 radical (unpaired) electrons. The molecule has 24 heavy (non-hydrogen) atoms. The van der Waals surface area contributed by atoms with E-state index in [4.69, 9.17) is 0 Å². The van der Waals surface area contributed by atoms with Crippen LogP contribution in [0.1, 0.15) is 49.4 Å². The molecule has 0 saturated heterocycles. The second-order valence-corrected chi connectivity index (χ2v) is 6.73. The minimum absolute atomic E-state index is 0.0252. The van der Waals surface area contributed by atoms with Crippen molar-refractivity contribution in [3.63, 3.8) is 0 Å². The van der Waals surface area contributed by atoms with Crippen LogP contribution < -0.4 is 10.6 Å². The highest BCUT2D eigenvalue weighted by Gasteiger charge is 2.23. The van der Waals surface area contributed by atoms with E-state index >= 15 is 0 Å². The van der Waals surface area contributed by atoms with Crippen molar-refractivity contribution in [3.05, 3.63) is 29.8 Å². The first-order valence-corrected chi connectivity index (χ1v) is 8.85. The maximum absolute atomic E-state index is 12.6. The highest BCUT2D eigenvalue weighted by atomic mass is 16.2. The third kappa shape index (κ3) is 4.81. The van der Waals surface area contributed by atoms with E-state index in [2.05, 4.69) is 10.6 Å². The van der Waals surface area contributed by atoms with Crippen LogP contribution in [0, 0.1) is 5.92 Å². The summed E-state index contributed by atoms with van der Waals surface area (Å²) in [5.41, 5.74) is 1.39. The van der Waals surface area contributed by atoms with Crippen LogP contribution in [-0.2, 0) is 4.79 Å². The van der Waals surface area contributed by atoms with Gasteiger partial charge in [0.25, 0.3) is 5.91 Å². The van der Waals surface area contributed by atoms with E-state index in [1.54, 1.807) is 24.3 Å². The third-order valence-corrected chi connectivity index (χ3v) is 4.80. The smallest absolute Gasteiger partial charge is 0.253 e. The van der Waals surface area contributed by atoms with Gasteiger partial charge in [0, 0.05) is 36.8 Å². The van der Waals surface area contributed by atoms with Crippen molar-refractivity contribution in [2.24, 2.45) is 5.92 Å². The molecular weight excluding hydrogens is 302 g/mol. The number of carbonyl (C=O) groups excluding carboxylic acids is 2. The summed E-state index contributed by atoms with van der Waals surface area (Å²) in [7, 11) is 3.72. The molecule has 5 heteroatoms. The fourth-order valence-electron chi connectivity index (χ4n) is 3.20. The van der Waals surface area contributed by atoms with Gasteiger partial charge in [0.15, 0.2) is 0 Å². The molecule has 1 unspecified atom stereocenters. The summed E-state index contributed by atoms with van der Waals surface area (Å²) in [6.45, 7) is 2.51. The molecule has 1 aliphatic carbocycles. The summed E-state index contributed by atoms with van der Waals surface area (Å²) in [6, 6.07) is 7.53. The average Bonchev–Trinajstić information content (AvgIpc) is 2.62. The van der Waals surface area contributed by atoms with E-state index in [-0.39, 0.29) is 17.7 Å². The van der Waals surface area contributed by atoms with Crippen molar-refractivity contribution in [2.45, 2.75) is 45.1 Å². The minimum atomic E-state index is -0.103. The van der Waals surface area contributed by atoms with E-state index in [9.17, 15) is 9.59 Å². The zero-order valence-corrected chi connectivity index (χ0v) is 15.0. The Labute approximate surface area is 144 Å². The summed E-state index contributed by atoms with van der Waals surface area (Å²) in [4.78, 5) is 26.5. The van der Waals surface area contributed by atoms with Crippen molar-refractivity contribution >= 4 is 17.5 Å². The summed E-state index contributed by atoms with van der Waals surface area (Å²) >= 11 is 0. The molecule has 0 aliphatic heterocycles. The van der Waals surface area contributed by atoms with Gasteiger partial charge in [-0.3, -0.25) is 9.59 Å². The summed E-state index contributed by atoms with van der Waals surface area (Å²) in [5, 5.41) is 5.87. The molecule has 0 aromatic heterocycles. The molecule has 1 atom stereocenters. The van der Waals surface area contributed by atoms with E-state index in [1.807, 2.05) is 25.9 Å². The van der Waals surface area contributed by atoms with Crippen LogP contribution in [0.3, 0.4) is 0 Å². The highest BCUT2D eigenvalue weighted by molar-refractivity contribution is 5.96. The van der Waals surface area contributed by atoms with Gasteiger partial charge in [-0.1, -0.05) is 26.2 Å². The van der Waals surface area contributed by atoms with E-state index in [0.29, 0.717) is 18.2 Å². The van der Waals surface area contributed by atoms with Gasteiger partial charge in [-0.15, -0.1) is 0 Å². The fraction of sp³-hybridized carbons (Fsp3) is 0.579. The quantitative estimate of drug-likeness (QED) is 0.842. The normalized spacial score (nSPS) is 16.5. The van der Waals surface area contributed by atoms with Crippen LogP contribution in [-0.4, -0.2) is 43.4 Å². The average molecular weight is 331 g/mol. The maximum atomic E-state index is 12.6. The Morgan fingerprint density at radius 2 is 1.79 bits per heavy atom. The first-order chi connectivity index (χ1) is 11.5. The first-order valence-electron chi connectivity index (χ1n) is 8.85. The lowest BCUT2D eigenvalue weighted by atomic mass is 9.94. The third-order valence-electron chi connectivity index (χ3n) is 4.80. The highest BCUT2D eigenvalue weighted by Crippen LogP contribution is 2.23. The van der Waals surface area contributed by atoms with Gasteiger partial charge in [0.05, 0.1) is 0 Å². The molecule has 132 valence electrons. The van der Waals surface area contributed by atoms with E-state index < -0.39 is 0 Å². The summed E-state index contributed by atoms with van der Waals surface area (Å²) in [6.07, 6.45) is 5.88. The molecule has 2 rings (SSSR count). The number of amides is 2. The number of anilines is 1. The standard InChI is InChI=1S/C19H29N3O2/c1-14(13-20-2)18(23)21-16-11-9-15(10-12-16)19(24)22(3)17-7-5-4-6-8-17/h9-12,14,17,20H,4-8,13H2,1-3H3,(H,21,23). The SMILES string of the molecule is CNCC(C)C(=O)Nc1ccc(C(=O)N(C)C2CCCCC2)cc1. The first kappa shape index (κ1) is 18.5. The van der Waals surface area contributed by atoms with Crippen LogP contribution in [0.2, 0.25) is 0 Å². The Bertz CT molecular complexity index is 550. The predicted molar refractivity (Wildman–Crippen MR) is 97.1 cm³/mol. The molecule has 0 bridgehead atoms. The second kappa shape index (κ2) is 8.83. The monoisotopic (exact) mass is 331 g/mol. The lowest BCUT2D eigenvalue weighted by Gasteiger charge is -2.31. The number of nitrogens with one attached hydrogen (secondary N) is 2. The zero-order chi connectivity index (χ0) is 17.5. The maximum Gasteiger partial charge on any atom is 0.253 e. The molecule has 0 spiro atoms. The number of hydrogen-bond acceptors (Lipinski definition) is 3. The van der Waals surface area contributed by atoms with Crippen molar-refractivity contribution in [2.75, 3.05) is 26.0 Å². The number of nitrogens with zero attached hydrogens (tertiary/aromatic N) is 1. The molecule has 5 nitrogen and oxygen atoms in total. The van der Waals surface area contributed by atoms with Gasteiger partial charge in [-0.25, -0.2) is 0 Å². The van der Waals surface area contributed by atoms with Gasteiger partial charge in [0.2, 0.25) is 5.91 Å². The van der Waals surface area contributed by atoms with Crippen LogP contribution in [0.4, 0.5) is 5.69 Å². The molecule has 2 N–H and O–H groups in total. The van der Waals surface area contributed by atoms with Gasteiger partial charge in [-0.2, -0.15) is 0 Å². The Kier molecular flexibility index (Phi) is 6.79. The van der Waals surface area contributed by atoms with Crippen LogP contribution in [0.15, 0.2) is 24.3 Å². The topological polar surface area (TPSA) is 61.4 Å². The van der Waals surface area contributed by atoms with Crippen LogP contribution in [0.5, 0.6) is 0 Å². The lowest BCUT2D eigenvalue weighted by Crippen LogP contribution is -2.38. The number of benzene rings is 1. The van der Waals surface area contributed by atoms with Crippen molar-refractivity contribution in [3.8, 4) is 0 Å². The van der Waals surface area contributed by atoms with Crippen molar-refractivity contribution in [1.29, 1.82) is 0 Å². The second-order valence-electron chi connectivity index (χ2n) is 6.73. The largest absolute Gasteiger partial charge is 0.339 e. The van der Waals surface area contributed by atoms with E-state index in [0.717, 1.165) is 18.5 Å². The van der Waals surface area contributed by atoms with Gasteiger partial charge in [-0.05, 0) is 44.2 Å². The molecule has 1 saturated carbocycles. The molecule has 2 amide bonds. The van der Waals surface area contributed by atoms with Crippen molar-refractivity contribution < 1.29 is 9.59 Å². The van der Waals surface area contributed by atoms with Crippen molar-refractivity contribution in [1.82, 2.24) is 10.2 Å². The van der Waals surface area contributed by atoms with Crippen LogP contribution >= 0.6 is 0 Å². The van der Waals surface area contributed by atoms with Gasteiger partial charge < -0.3 is 15.5 Å². The fourth-order valence-corrected chi connectivity index (χ4v) is 3.20. The number of carbonyl (C=O) groups is 2. The summed E-state index contributed by atoms with van der Waals surface area (Å²) in [5.74, 6) is -0.0696. The minimum Gasteiger partial charge on any atom is -0.339 e. The molecule has 0 heterocycles.